The van der Waals surface area contributed by atoms with Gasteiger partial charge in [0.05, 0.1) is 5.38 Å². The zero-order chi connectivity index (χ0) is 8.60. The molecular weight excluding hydrogens is 240 g/mol. The van der Waals surface area contributed by atoms with Crippen molar-refractivity contribution in [2.45, 2.75) is 12.5 Å². The van der Waals surface area contributed by atoms with Crippen LogP contribution in [0.3, 0.4) is 0 Å². The van der Waals surface area contributed by atoms with Gasteiger partial charge in [0.2, 0.25) is 5.88 Å². The summed E-state index contributed by atoms with van der Waals surface area (Å²) in [4.78, 5) is 4.16. The minimum atomic E-state index is -0.0481. The standard InChI is InChI=1S/C7H9BrN2OS/c1-7(3-9-4-7)11-5-2-12-6(8)10-5/h2,9H,3-4H2,1H3. The number of halogens is 1. The zero-order valence-electron chi connectivity index (χ0n) is 6.63. The van der Waals surface area contributed by atoms with Crippen molar-refractivity contribution in [1.82, 2.24) is 10.3 Å². The van der Waals surface area contributed by atoms with Crippen molar-refractivity contribution in [3.8, 4) is 5.88 Å². The summed E-state index contributed by atoms with van der Waals surface area (Å²) < 4.78 is 6.53. The monoisotopic (exact) mass is 248 g/mol. The van der Waals surface area contributed by atoms with E-state index in [0.717, 1.165) is 22.9 Å². The van der Waals surface area contributed by atoms with E-state index in [1.54, 1.807) is 0 Å². The van der Waals surface area contributed by atoms with Crippen molar-refractivity contribution in [2.24, 2.45) is 0 Å². The molecular formula is C7H9BrN2OS. The Morgan fingerprint density at radius 3 is 2.92 bits per heavy atom. The molecule has 0 amide bonds. The highest BCUT2D eigenvalue weighted by Crippen LogP contribution is 2.25. The fraction of sp³-hybridized carbons (Fsp3) is 0.571. The molecule has 1 aliphatic rings. The number of rotatable bonds is 2. The third kappa shape index (κ3) is 1.62. The van der Waals surface area contributed by atoms with Gasteiger partial charge in [-0.05, 0) is 22.9 Å². The third-order valence-electron chi connectivity index (χ3n) is 1.80. The Morgan fingerprint density at radius 1 is 1.75 bits per heavy atom. The van der Waals surface area contributed by atoms with E-state index in [4.69, 9.17) is 4.74 Å². The van der Waals surface area contributed by atoms with Crippen molar-refractivity contribution >= 4 is 27.3 Å². The first kappa shape index (κ1) is 8.47. The molecule has 1 N–H and O–H groups in total. The van der Waals surface area contributed by atoms with Crippen molar-refractivity contribution in [3.63, 3.8) is 0 Å². The highest BCUT2D eigenvalue weighted by Gasteiger charge is 2.34. The lowest BCUT2D eigenvalue weighted by Gasteiger charge is -2.38. The van der Waals surface area contributed by atoms with Gasteiger partial charge in [-0.1, -0.05) is 0 Å². The van der Waals surface area contributed by atoms with Crippen LogP contribution in [0.15, 0.2) is 9.30 Å². The second-order valence-electron chi connectivity index (χ2n) is 3.09. The molecule has 12 heavy (non-hydrogen) atoms. The number of ether oxygens (including phenoxy) is 1. The van der Waals surface area contributed by atoms with E-state index in [2.05, 4.69) is 33.2 Å². The van der Waals surface area contributed by atoms with Crippen LogP contribution in [0.25, 0.3) is 0 Å². The number of nitrogens with one attached hydrogen (secondary N) is 1. The van der Waals surface area contributed by atoms with Crippen LogP contribution in [0.2, 0.25) is 0 Å². The molecule has 3 nitrogen and oxygen atoms in total. The lowest BCUT2D eigenvalue weighted by molar-refractivity contribution is 0.0310. The quantitative estimate of drug-likeness (QED) is 0.865. The first-order valence-electron chi connectivity index (χ1n) is 3.69. The van der Waals surface area contributed by atoms with E-state index in [1.807, 2.05) is 5.38 Å². The molecule has 1 aromatic heterocycles. The summed E-state index contributed by atoms with van der Waals surface area (Å²) in [7, 11) is 0. The molecule has 0 spiro atoms. The van der Waals surface area contributed by atoms with E-state index in [1.165, 1.54) is 11.3 Å². The van der Waals surface area contributed by atoms with E-state index in [0.29, 0.717) is 0 Å². The Hall–Kier alpha value is -0.130. The molecule has 2 rings (SSSR count). The SMILES string of the molecule is CC1(Oc2csc(Br)n2)CNC1. The predicted octanol–water partition coefficient (Wildman–Crippen LogP) is 1.65. The van der Waals surface area contributed by atoms with Gasteiger partial charge in [0.15, 0.2) is 3.92 Å². The highest BCUT2D eigenvalue weighted by molar-refractivity contribution is 9.11. The molecule has 0 aliphatic carbocycles. The number of thiazole rings is 1. The van der Waals surface area contributed by atoms with Crippen LogP contribution >= 0.6 is 27.3 Å². The summed E-state index contributed by atoms with van der Waals surface area (Å²) in [6, 6.07) is 0. The third-order valence-corrected chi connectivity index (χ3v) is 3.15. The van der Waals surface area contributed by atoms with E-state index < -0.39 is 0 Å². The predicted molar refractivity (Wildman–Crippen MR) is 51.7 cm³/mol. The number of hydrogen-bond donors (Lipinski definition) is 1. The first-order chi connectivity index (χ1) is 5.68. The van der Waals surface area contributed by atoms with Crippen LogP contribution in [-0.2, 0) is 0 Å². The van der Waals surface area contributed by atoms with Gasteiger partial charge in [-0.25, -0.2) is 0 Å². The first-order valence-corrected chi connectivity index (χ1v) is 5.36. The molecule has 0 radical (unpaired) electrons. The number of hydrogen-bond acceptors (Lipinski definition) is 4. The molecule has 1 fully saturated rings. The topological polar surface area (TPSA) is 34.1 Å². The minimum Gasteiger partial charge on any atom is -0.468 e. The van der Waals surface area contributed by atoms with Gasteiger partial charge >= 0.3 is 0 Å². The summed E-state index contributed by atoms with van der Waals surface area (Å²) in [5, 5.41) is 5.08. The van der Waals surface area contributed by atoms with Crippen LogP contribution < -0.4 is 10.1 Å². The van der Waals surface area contributed by atoms with Crippen LogP contribution in [0.5, 0.6) is 5.88 Å². The van der Waals surface area contributed by atoms with Crippen LogP contribution in [0, 0.1) is 0 Å². The summed E-state index contributed by atoms with van der Waals surface area (Å²) in [5.41, 5.74) is -0.0481. The summed E-state index contributed by atoms with van der Waals surface area (Å²) in [6.07, 6.45) is 0. The minimum absolute atomic E-state index is 0.0481. The van der Waals surface area contributed by atoms with Crippen LogP contribution in [0.4, 0.5) is 0 Å². The average Bonchev–Trinajstić information content (AvgIpc) is 2.32. The molecule has 2 heterocycles. The molecule has 1 saturated heterocycles. The van der Waals surface area contributed by atoms with Crippen molar-refractivity contribution in [3.05, 3.63) is 9.30 Å². The molecule has 5 heteroatoms. The second kappa shape index (κ2) is 2.97. The average molecular weight is 249 g/mol. The summed E-state index contributed by atoms with van der Waals surface area (Å²) >= 11 is 4.83. The van der Waals surface area contributed by atoms with Crippen molar-refractivity contribution in [2.75, 3.05) is 13.1 Å². The van der Waals surface area contributed by atoms with Gasteiger partial charge in [-0.2, -0.15) is 4.98 Å². The lowest BCUT2D eigenvalue weighted by atomic mass is 10.0. The largest absolute Gasteiger partial charge is 0.468 e. The highest BCUT2D eigenvalue weighted by atomic mass is 79.9. The molecule has 0 bridgehead atoms. The van der Waals surface area contributed by atoms with Gasteiger partial charge in [0.25, 0.3) is 0 Å². The normalized spacial score (nSPS) is 20.2. The van der Waals surface area contributed by atoms with Gasteiger partial charge in [-0.3, -0.25) is 0 Å². The fourth-order valence-electron chi connectivity index (χ4n) is 1.09. The summed E-state index contributed by atoms with van der Waals surface area (Å²) in [5.74, 6) is 0.718. The second-order valence-corrected chi connectivity index (χ2v) is 5.23. The van der Waals surface area contributed by atoms with Gasteiger partial charge in [0, 0.05) is 13.1 Å². The van der Waals surface area contributed by atoms with Crippen molar-refractivity contribution < 1.29 is 4.74 Å². The Labute approximate surface area is 83.3 Å². The maximum absolute atomic E-state index is 5.67. The van der Waals surface area contributed by atoms with Crippen LogP contribution in [-0.4, -0.2) is 23.7 Å². The van der Waals surface area contributed by atoms with Crippen LogP contribution in [0.1, 0.15) is 6.92 Å². The molecule has 1 aromatic rings. The summed E-state index contributed by atoms with van der Waals surface area (Å²) in [6.45, 7) is 3.89. The number of nitrogens with zero attached hydrogens (tertiary/aromatic N) is 1. The maximum Gasteiger partial charge on any atom is 0.226 e. The Balaban J connectivity index is 2.03. The molecule has 0 atom stereocenters. The zero-order valence-corrected chi connectivity index (χ0v) is 9.04. The molecule has 0 saturated carbocycles. The van der Waals surface area contributed by atoms with E-state index >= 15 is 0 Å². The smallest absolute Gasteiger partial charge is 0.226 e. The van der Waals surface area contributed by atoms with Gasteiger partial charge in [-0.15, -0.1) is 11.3 Å². The Kier molecular flexibility index (Phi) is 2.10. The Morgan fingerprint density at radius 2 is 2.50 bits per heavy atom. The molecule has 0 aromatic carbocycles. The Bertz CT molecular complexity index is 285. The van der Waals surface area contributed by atoms with E-state index in [9.17, 15) is 0 Å². The lowest BCUT2D eigenvalue weighted by Crippen LogP contribution is -2.61. The van der Waals surface area contributed by atoms with E-state index in [-0.39, 0.29) is 5.60 Å². The molecule has 1 aliphatic heterocycles. The number of aromatic nitrogens is 1. The van der Waals surface area contributed by atoms with Gasteiger partial charge < -0.3 is 10.1 Å². The maximum atomic E-state index is 5.67. The van der Waals surface area contributed by atoms with Gasteiger partial charge in [0.1, 0.15) is 5.60 Å². The molecule has 0 unspecified atom stereocenters. The molecule has 66 valence electrons. The van der Waals surface area contributed by atoms with Crippen molar-refractivity contribution in [1.29, 1.82) is 0 Å². The fourth-order valence-corrected chi connectivity index (χ4v) is 1.98.